The van der Waals surface area contributed by atoms with Crippen molar-refractivity contribution in [2.45, 2.75) is 32.0 Å². The average Bonchev–Trinajstić information content (AvgIpc) is 2.78. The summed E-state index contributed by atoms with van der Waals surface area (Å²) in [6.45, 7) is 1.85. The summed E-state index contributed by atoms with van der Waals surface area (Å²) in [6.07, 6.45) is 2.00. The number of benzene rings is 1. The van der Waals surface area contributed by atoms with Crippen molar-refractivity contribution in [3.05, 3.63) is 34.6 Å². The van der Waals surface area contributed by atoms with Gasteiger partial charge in [-0.15, -0.1) is 0 Å². The predicted octanol–water partition coefficient (Wildman–Crippen LogP) is 1.03. The molecule has 5 heteroatoms. The van der Waals surface area contributed by atoms with Crippen molar-refractivity contribution in [1.29, 1.82) is 0 Å². The van der Waals surface area contributed by atoms with Crippen LogP contribution in [0.5, 0.6) is 0 Å². The van der Waals surface area contributed by atoms with Crippen LogP contribution < -0.4 is 5.32 Å². The second kappa shape index (κ2) is 4.90. The van der Waals surface area contributed by atoms with Gasteiger partial charge in [-0.3, -0.25) is 4.79 Å². The Morgan fingerprint density at radius 2 is 2.32 bits per heavy atom. The fourth-order valence-corrected chi connectivity index (χ4v) is 2.93. The first kappa shape index (κ1) is 12.6. The lowest BCUT2D eigenvalue weighted by atomic mass is 10.1. The fourth-order valence-electron chi connectivity index (χ4n) is 2.93. The molecule has 102 valence electrons. The highest BCUT2D eigenvalue weighted by atomic mass is 19.1. The summed E-state index contributed by atoms with van der Waals surface area (Å²) in [7, 11) is 0. The van der Waals surface area contributed by atoms with Crippen molar-refractivity contribution in [2.75, 3.05) is 13.1 Å². The molecule has 1 unspecified atom stereocenters. The quantitative estimate of drug-likeness (QED) is 0.838. The Bertz CT molecular complexity index is 512. The Labute approximate surface area is 111 Å². The smallest absolute Gasteiger partial charge is 0.254 e. The molecule has 1 aromatic rings. The Kier molecular flexibility index (Phi) is 3.24. The summed E-state index contributed by atoms with van der Waals surface area (Å²) in [6, 6.07) is 3.07. The number of aliphatic hydroxyl groups excluding tert-OH is 1. The van der Waals surface area contributed by atoms with Gasteiger partial charge in [-0.1, -0.05) is 0 Å². The maximum atomic E-state index is 13.9. The normalized spacial score (nSPS) is 22.7. The van der Waals surface area contributed by atoms with Gasteiger partial charge in [0.1, 0.15) is 5.82 Å². The van der Waals surface area contributed by atoms with E-state index in [1.165, 1.54) is 6.07 Å². The number of hydrogen-bond donors (Lipinski definition) is 2. The number of hydrogen-bond acceptors (Lipinski definition) is 3. The van der Waals surface area contributed by atoms with Crippen LogP contribution >= 0.6 is 0 Å². The molecule has 2 aliphatic heterocycles. The van der Waals surface area contributed by atoms with Crippen molar-refractivity contribution < 1.29 is 14.3 Å². The lowest BCUT2D eigenvalue weighted by Gasteiger charge is -2.31. The van der Waals surface area contributed by atoms with E-state index in [4.69, 9.17) is 5.11 Å². The van der Waals surface area contributed by atoms with Crippen molar-refractivity contribution in [3.63, 3.8) is 0 Å². The number of carbonyl (C=O) groups is 1. The van der Waals surface area contributed by atoms with Gasteiger partial charge in [0.2, 0.25) is 0 Å². The third-order valence-electron chi connectivity index (χ3n) is 3.97. The predicted molar refractivity (Wildman–Crippen MR) is 68.1 cm³/mol. The molecule has 3 rings (SSSR count). The van der Waals surface area contributed by atoms with Gasteiger partial charge in [-0.25, -0.2) is 4.39 Å². The standard InChI is InChI=1S/C14H17FN2O2/c15-13-5-9(8-18)4-11-12(13)7-17(14(11)19)10-2-1-3-16-6-10/h4-5,10,16,18H,1-3,6-8H2. The number of nitrogens with zero attached hydrogens (tertiary/aromatic N) is 1. The largest absolute Gasteiger partial charge is 0.392 e. The minimum absolute atomic E-state index is 0.113. The molecule has 1 aromatic carbocycles. The summed E-state index contributed by atoms with van der Waals surface area (Å²) in [5.41, 5.74) is 1.33. The SMILES string of the molecule is O=C1c2cc(CO)cc(F)c2CN1C1CCCNC1. The molecule has 1 atom stereocenters. The molecule has 19 heavy (non-hydrogen) atoms. The Morgan fingerprint density at radius 1 is 1.47 bits per heavy atom. The molecule has 2 heterocycles. The number of halogens is 1. The number of rotatable bonds is 2. The number of piperidine rings is 1. The van der Waals surface area contributed by atoms with Gasteiger partial charge in [0.15, 0.2) is 0 Å². The maximum absolute atomic E-state index is 13.9. The molecule has 0 spiro atoms. The van der Waals surface area contributed by atoms with Gasteiger partial charge < -0.3 is 15.3 Å². The highest BCUT2D eigenvalue weighted by molar-refractivity contribution is 5.98. The molecule has 0 bridgehead atoms. The van der Waals surface area contributed by atoms with Crippen LogP contribution in [0.25, 0.3) is 0 Å². The van der Waals surface area contributed by atoms with Crippen LogP contribution in [-0.2, 0) is 13.2 Å². The van der Waals surface area contributed by atoms with E-state index in [0.717, 1.165) is 25.9 Å². The molecule has 4 nitrogen and oxygen atoms in total. The Hall–Kier alpha value is -1.46. The molecule has 0 saturated carbocycles. The van der Waals surface area contributed by atoms with Crippen LogP contribution in [0.4, 0.5) is 4.39 Å². The summed E-state index contributed by atoms with van der Waals surface area (Å²) in [4.78, 5) is 14.1. The van der Waals surface area contributed by atoms with E-state index in [9.17, 15) is 9.18 Å². The fraction of sp³-hybridized carbons (Fsp3) is 0.500. The van der Waals surface area contributed by atoms with Crippen LogP contribution in [-0.4, -0.2) is 35.0 Å². The Morgan fingerprint density at radius 3 is 3.00 bits per heavy atom. The molecule has 0 aromatic heterocycles. The third-order valence-corrected chi connectivity index (χ3v) is 3.97. The molecule has 2 N–H and O–H groups in total. The van der Waals surface area contributed by atoms with E-state index in [1.807, 2.05) is 0 Å². The zero-order chi connectivity index (χ0) is 13.4. The summed E-state index contributed by atoms with van der Waals surface area (Å²) < 4.78 is 13.9. The first-order chi connectivity index (χ1) is 9.20. The van der Waals surface area contributed by atoms with Crippen molar-refractivity contribution in [2.24, 2.45) is 0 Å². The van der Waals surface area contributed by atoms with Gasteiger partial charge in [0.05, 0.1) is 13.2 Å². The molecule has 1 fully saturated rings. The molecular weight excluding hydrogens is 247 g/mol. The number of fused-ring (bicyclic) bond motifs is 1. The zero-order valence-electron chi connectivity index (χ0n) is 10.7. The molecule has 0 aliphatic carbocycles. The lowest BCUT2D eigenvalue weighted by Crippen LogP contribution is -2.46. The molecule has 2 aliphatic rings. The number of nitrogens with one attached hydrogen (secondary N) is 1. The van der Waals surface area contributed by atoms with E-state index in [0.29, 0.717) is 23.2 Å². The number of aliphatic hydroxyl groups is 1. The minimum atomic E-state index is -0.388. The van der Waals surface area contributed by atoms with Crippen LogP contribution in [0.2, 0.25) is 0 Å². The summed E-state index contributed by atoms with van der Waals surface area (Å²) in [5.74, 6) is -0.501. The Balaban J connectivity index is 1.90. The number of carbonyl (C=O) groups excluding carboxylic acids is 1. The second-order valence-electron chi connectivity index (χ2n) is 5.20. The lowest BCUT2D eigenvalue weighted by molar-refractivity contribution is 0.0674. The monoisotopic (exact) mass is 264 g/mol. The highest BCUT2D eigenvalue weighted by Gasteiger charge is 2.35. The maximum Gasteiger partial charge on any atom is 0.254 e. The molecular formula is C14H17FN2O2. The van der Waals surface area contributed by atoms with Crippen LogP contribution in [0.15, 0.2) is 12.1 Å². The van der Waals surface area contributed by atoms with Gasteiger partial charge in [-0.05, 0) is 37.1 Å². The van der Waals surface area contributed by atoms with Crippen LogP contribution in [0.3, 0.4) is 0 Å². The second-order valence-corrected chi connectivity index (χ2v) is 5.20. The van der Waals surface area contributed by atoms with Crippen molar-refractivity contribution in [3.8, 4) is 0 Å². The third kappa shape index (κ3) is 2.13. The number of amides is 1. The van der Waals surface area contributed by atoms with Crippen LogP contribution in [0, 0.1) is 5.82 Å². The van der Waals surface area contributed by atoms with Gasteiger partial charge in [0.25, 0.3) is 5.91 Å². The first-order valence-electron chi connectivity index (χ1n) is 6.64. The molecule has 1 saturated heterocycles. The first-order valence-corrected chi connectivity index (χ1v) is 6.64. The van der Waals surface area contributed by atoms with E-state index in [2.05, 4.69) is 5.32 Å². The van der Waals surface area contributed by atoms with E-state index < -0.39 is 0 Å². The summed E-state index contributed by atoms with van der Waals surface area (Å²) in [5, 5.41) is 12.4. The topological polar surface area (TPSA) is 52.6 Å². The van der Waals surface area contributed by atoms with E-state index in [1.54, 1.807) is 11.0 Å². The van der Waals surface area contributed by atoms with Crippen molar-refractivity contribution in [1.82, 2.24) is 10.2 Å². The minimum Gasteiger partial charge on any atom is -0.392 e. The average molecular weight is 264 g/mol. The van der Waals surface area contributed by atoms with Gasteiger partial charge in [-0.2, -0.15) is 0 Å². The van der Waals surface area contributed by atoms with Gasteiger partial charge in [0, 0.05) is 23.7 Å². The molecule has 0 radical (unpaired) electrons. The summed E-state index contributed by atoms with van der Waals surface area (Å²) >= 11 is 0. The van der Waals surface area contributed by atoms with E-state index >= 15 is 0 Å². The zero-order valence-corrected chi connectivity index (χ0v) is 10.7. The highest BCUT2D eigenvalue weighted by Crippen LogP contribution is 2.29. The molecule has 1 amide bonds. The van der Waals surface area contributed by atoms with Crippen molar-refractivity contribution >= 4 is 5.91 Å². The van der Waals surface area contributed by atoms with Crippen LogP contribution in [0.1, 0.15) is 34.3 Å². The van der Waals surface area contributed by atoms with E-state index in [-0.39, 0.29) is 24.4 Å². The van der Waals surface area contributed by atoms with Gasteiger partial charge >= 0.3 is 0 Å².